The summed E-state index contributed by atoms with van der Waals surface area (Å²) >= 11 is 1.33. The molecule has 0 bridgehead atoms. The van der Waals surface area contributed by atoms with E-state index in [4.69, 9.17) is 0 Å². The van der Waals surface area contributed by atoms with Crippen molar-refractivity contribution in [1.29, 1.82) is 0 Å². The average Bonchev–Trinajstić information content (AvgIpc) is 3.05. The van der Waals surface area contributed by atoms with E-state index >= 15 is 0 Å². The van der Waals surface area contributed by atoms with Gasteiger partial charge < -0.3 is 10.4 Å². The molecule has 6 heteroatoms. The Bertz CT molecular complexity index is 687. The number of nitrogens with one attached hydrogen (secondary N) is 1. The second-order valence-electron chi connectivity index (χ2n) is 5.54. The van der Waals surface area contributed by atoms with E-state index in [0.717, 1.165) is 4.88 Å². The molecule has 3 atom stereocenters. The number of carboxylic acid groups (broad SMARTS) is 1. The van der Waals surface area contributed by atoms with Crippen molar-refractivity contribution in [3.05, 3.63) is 53.0 Å². The Labute approximate surface area is 132 Å². The van der Waals surface area contributed by atoms with Crippen molar-refractivity contribution in [3.63, 3.8) is 0 Å². The SMILES string of the molecule is CC(NC(=O)[C@@H]1C[C@@]1(C(=O)O)c1ccccc1)c1ccns1. The van der Waals surface area contributed by atoms with Crippen molar-refractivity contribution in [2.24, 2.45) is 5.92 Å². The molecular weight excluding hydrogens is 300 g/mol. The number of carbonyl (C=O) groups excluding carboxylic acids is 1. The van der Waals surface area contributed by atoms with Crippen LogP contribution in [-0.4, -0.2) is 21.4 Å². The summed E-state index contributed by atoms with van der Waals surface area (Å²) in [5.74, 6) is -1.68. The van der Waals surface area contributed by atoms with Gasteiger partial charge in [0.1, 0.15) is 5.41 Å². The predicted molar refractivity (Wildman–Crippen MR) is 82.5 cm³/mol. The number of aliphatic carboxylic acids is 1. The van der Waals surface area contributed by atoms with Gasteiger partial charge in [-0.2, -0.15) is 0 Å². The molecule has 5 nitrogen and oxygen atoms in total. The molecule has 1 amide bonds. The lowest BCUT2D eigenvalue weighted by molar-refractivity contribution is -0.142. The van der Waals surface area contributed by atoms with Crippen molar-refractivity contribution in [3.8, 4) is 0 Å². The van der Waals surface area contributed by atoms with Gasteiger partial charge in [0.05, 0.1) is 12.0 Å². The summed E-state index contributed by atoms with van der Waals surface area (Å²) < 4.78 is 4.01. The van der Waals surface area contributed by atoms with Crippen LogP contribution in [0.1, 0.15) is 29.8 Å². The minimum absolute atomic E-state index is 0.164. The third-order valence-corrected chi connectivity index (χ3v) is 5.12. The second kappa shape index (κ2) is 5.53. The maximum Gasteiger partial charge on any atom is 0.314 e. The van der Waals surface area contributed by atoms with Gasteiger partial charge in [0.25, 0.3) is 0 Å². The first-order chi connectivity index (χ1) is 10.6. The van der Waals surface area contributed by atoms with Crippen LogP contribution in [0.2, 0.25) is 0 Å². The molecule has 0 saturated heterocycles. The highest BCUT2D eigenvalue weighted by Gasteiger charge is 2.65. The Hall–Kier alpha value is -2.21. The molecular formula is C16H16N2O3S. The minimum Gasteiger partial charge on any atom is -0.481 e. The lowest BCUT2D eigenvalue weighted by atomic mass is 9.93. The normalized spacial score (nSPS) is 24.5. The number of rotatable bonds is 5. The first kappa shape index (κ1) is 14.7. The second-order valence-corrected chi connectivity index (χ2v) is 6.41. The molecule has 1 aliphatic rings. The molecule has 1 heterocycles. The molecule has 0 aliphatic heterocycles. The highest BCUT2D eigenvalue weighted by Crippen LogP contribution is 2.54. The summed E-state index contributed by atoms with van der Waals surface area (Å²) in [6, 6.07) is 10.7. The van der Waals surface area contributed by atoms with Crippen LogP contribution in [0.5, 0.6) is 0 Å². The van der Waals surface area contributed by atoms with E-state index in [1.807, 2.05) is 19.1 Å². The van der Waals surface area contributed by atoms with Crippen LogP contribution in [0.25, 0.3) is 0 Å². The van der Waals surface area contributed by atoms with E-state index in [1.54, 1.807) is 30.5 Å². The standard InChI is InChI=1S/C16H16N2O3S/c1-10(13-7-8-17-22-13)18-14(19)12-9-16(12,15(20)21)11-5-3-2-4-6-11/h2-8,10,12H,9H2,1H3,(H,18,19)(H,20,21)/t10?,12-,16+/m0/s1. The van der Waals surface area contributed by atoms with Crippen molar-refractivity contribution in [2.75, 3.05) is 0 Å². The van der Waals surface area contributed by atoms with Crippen molar-refractivity contribution in [1.82, 2.24) is 9.69 Å². The van der Waals surface area contributed by atoms with Gasteiger partial charge in [0, 0.05) is 11.1 Å². The molecule has 1 aliphatic carbocycles. The molecule has 2 N–H and O–H groups in total. The number of aromatic nitrogens is 1. The molecule has 1 aromatic carbocycles. The van der Waals surface area contributed by atoms with E-state index < -0.39 is 17.3 Å². The number of amides is 1. The van der Waals surface area contributed by atoms with Crippen LogP contribution < -0.4 is 5.32 Å². The van der Waals surface area contributed by atoms with Crippen LogP contribution in [0.4, 0.5) is 0 Å². The maximum absolute atomic E-state index is 12.4. The van der Waals surface area contributed by atoms with Gasteiger partial charge in [-0.05, 0) is 36.5 Å². The van der Waals surface area contributed by atoms with Gasteiger partial charge in [0.2, 0.25) is 5.91 Å². The first-order valence-corrected chi connectivity index (χ1v) is 7.83. The Morgan fingerprint density at radius 2 is 2.09 bits per heavy atom. The molecule has 3 rings (SSSR count). The van der Waals surface area contributed by atoms with Gasteiger partial charge in [-0.3, -0.25) is 9.59 Å². The zero-order chi connectivity index (χ0) is 15.7. The third kappa shape index (κ3) is 2.39. The Morgan fingerprint density at radius 3 is 2.68 bits per heavy atom. The average molecular weight is 316 g/mol. The zero-order valence-electron chi connectivity index (χ0n) is 12.0. The van der Waals surface area contributed by atoms with Crippen LogP contribution in [0.3, 0.4) is 0 Å². The fraction of sp³-hybridized carbons (Fsp3) is 0.312. The van der Waals surface area contributed by atoms with Crippen molar-refractivity contribution in [2.45, 2.75) is 24.8 Å². The molecule has 1 saturated carbocycles. The Morgan fingerprint density at radius 1 is 1.36 bits per heavy atom. The van der Waals surface area contributed by atoms with Crippen LogP contribution in [0, 0.1) is 5.92 Å². The highest BCUT2D eigenvalue weighted by atomic mass is 32.1. The topological polar surface area (TPSA) is 79.3 Å². The summed E-state index contributed by atoms with van der Waals surface area (Å²) in [5.41, 5.74) is -0.397. The van der Waals surface area contributed by atoms with E-state index in [-0.39, 0.29) is 11.9 Å². The van der Waals surface area contributed by atoms with Gasteiger partial charge in [-0.1, -0.05) is 30.3 Å². The number of carboxylic acids is 1. The van der Waals surface area contributed by atoms with E-state index in [9.17, 15) is 14.7 Å². The molecule has 0 spiro atoms. The molecule has 0 radical (unpaired) electrons. The van der Waals surface area contributed by atoms with Crippen LogP contribution in [0.15, 0.2) is 42.6 Å². The zero-order valence-corrected chi connectivity index (χ0v) is 12.8. The molecule has 2 aromatic rings. The molecule has 22 heavy (non-hydrogen) atoms. The Balaban J connectivity index is 1.76. The third-order valence-electron chi connectivity index (χ3n) is 4.19. The number of hydrogen-bond acceptors (Lipinski definition) is 4. The number of hydrogen-bond donors (Lipinski definition) is 2. The summed E-state index contributed by atoms with van der Waals surface area (Å²) in [5, 5.41) is 12.5. The largest absolute Gasteiger partial charge is 0.481 e. The van der Waals surface area contributed by atoms with Gasteiger partial charge in [0.15, 0.2) is 0 Å². The van der Waals surface area contributed by atoms with Crippen LogP contribution >= 0.6 is 11.5 Å². The smallest absolute Gasteiger partial charge is 0.314 e. The lowest BCUT2D eigenvalue weighted by Crippen LogP contribution is -2.33. The fourth-order valence-corrected chi connectivity index (χ4v) is 3.41. The van der Waals surface area contributed by atoms with Crippen LogP contribution in [-0.2, 0) is 15.0 Å². The van der Waals surface area contributed by atoms with E-state index in [1.165, 1.54) is 11.5 Å². The van der Waals surface area contributed by atoms with Crippen molar-refractivity contribution < 1.29 is 14.7 Å². The fourth-order valence-electron chi connectivity index (χ4n) is 2.83. The molecule has 1 fully saturated rings. The highest BCUT2D eigenvalue weighted by molar-refractivity contribution is 7.05. The summed E-state index contributed by atoms with van der Waals surface area (Å²) in [6.45, 7) is 1.87. The number of benzene rings is 1. The predicted octanol–water partition coefficient (Wildman–Crippen LogP) is 2.36. The van der Waals surface area contributed by atoms with E-state index in [2.05, 4.69) is 9.69 Å². The van der Waals surface area contributed by atoms with Gasteiger partial charge in [-0.25, -0.2) is 4.37 Å². The summed E-state index contributed by atoms with van der Waals surface area (Å²) in [7, 11) is 0. The maximum atomic E-state index is 12.4. The molecule has 1 unspecified atom stereocenters. The minimum atomic E-state index is -1.08. The number of nitrogens with zero attached hydrogens (tertiary/aromatic N) is 1. The van der Waals surface area contributed by atoms with Gasteiger partial charge in [-0.15, -0.1) is 0 Å². The van der Waals surface area contributed by atoms with E-state index in [0.29, 0.717) is 12.0 Å². The Kier molecular flexibility index (Phi) is 3.70. The summed E-state index contributed by atoms with van der Waals surface area (Å²) in [6.07, 6.45) is 2.03. The van der Waals surface area contributed by atoms with Gasteiger partial charge >= 0.3 is 5.97 Å². The lowest BCUT2D eigenvalue weighted by Gasteiger charge is -2.15. The van der Waals surface area contributed by atoms with Crippen molar-refractivity contribution >= 4 is 23.4 Å². The molecule has 114 valence electrons. The number of carbonyl (C=O) groups is 2. The quantitative estimate of drug-likeness (QED) is 0.887. The molecule has 1 aromatic heterocycles. The summed E-state index contributed by atoms with van der Waals surface area (Å²) in [4.78, 5) is 25.1. The first-order valence-electron chi connectivity index (χ1n) is 7.05. The monoisotopic (exact) mass is 316 g/mol.